The van der Waals surface area contributed by atoms with E-state index < -0.39 is 0 Å². The molecular formula is C15H22ClN3O2S. The molecule has 1 aliphatic heterocycles. The van der Waals surface area contributed by atoms with Crippen LogP contribution in [0.5, 0.6) is 0 Å². The Morgan fingerprint density at radius 1 is 1.45 bits per heavy atom. The first-order chi connectivity index (χ1) is 9.82. The number of carbonyl (C=O) groups excluding carboxylic acids is 2. The number of nitrogens with zero attached hydrogens (tertiary/aromatic N) is 1. The van der Waals surface area contributed by atoms with Crippen LogP contribution in [0.3, 0.4) is 0 Å². The Morgan fingerprint density at radius 2 is 2.14 bits per heavy atom. The Morgan fingerprint density at radius 3 is 2.77 bits per heavy atom. The average Bonchev–Trinajstić information content (AvgIpc) is 2.45. The largest absolute Gasteiger partial charge is 0.341 e. The minimum absolute atomic E-state index is 0. The van der Waals surface area contributed by atoms with E-state index in [4.69, 9.17) is 5.73 Å². The molecule has 1 aromatic carbocycles. The van der Waals surface area contributed by atoms with E-state index in [0.717, 1.165) is 4.90 Å². The number of rotatable bonds is 4. The summed E-state index contributed by atoms with van der Waals surface area (Å²) in [6.07, 6.45) is 0. The van der Waals surface area contributed by atoms with Crippen LogP contribution in [0.15, 0.2) is 23.1 Å². The smallest absolute Gasteiger partial charge is 0.253 e. The second-order valence-electron chi connectivity index (χ2n) is 6.08. The van der Waals surface area contributed by atoms with Gasteiger partial charge in [0, 0.05) is 24.1 Å². The van der Waals surface area contributed by atoms with E-state index in [1.54, 1.807) is 24.1 Å². The molecule has 2 amide bonds. The monoisotopic (exact) mass is 343 g/mol. The number of nitrogens with two attached hydrogens (primary N) is 1. The zero-order valence-electron chi connectivity index (χ0n) is 13.0. The summed E-state index contributed by atoms with van der Waals surface area (Å²) in [5.74, 6) is 0.323. The van der Waals surface area contributed by atoms with Gasteiger partial charge in [-0.15, -0.1) is 24.2 Å². The van der Waals surface area contributed by atoms with Crippen LogP contribution in [0.25, 0.3) is 0 Å². The van der Waals surface area contributed by atoms with E-state index in [2.05, 4.69) is 5.32 Å². The quantitative estimate of drug-likeness (QED) is 0.878. The van der Waals surface area contributed by atoms with Gasteiger partial charge in [0.1, 0.15) is 0 Å². The number of carbonyl (C=O) groups is 2. The molecule has 2 rings (SSSR count). The van der Waals surface area contributed by atoms with Crippen molar-refractivity contribution in [3.8, 4) is 0 Å². The summed E-state index contributed by atoms with van der Waals surface area (Å²) in [5.41, 5.74) is 6.88. The molecule has 7 heteroatoms. The van der Waals surface area contributed by atoms with Crippen LogP contribution >= 0.6 is 24.2 Å². The molecule has 1 aliphatic rings. The number of anilines is 1. The fourth-order valence-corrected chi connectivity index (χ4v) is 3.00. The highest BCUT2D eigenvalue weighted by Crippen LogP contribution is 2.32. The van der Waals surface area contributed by atoms with E-state index in [1.807, 2.05) is 19.9 Å². The number of benzene rings is 1. The Hall–Kier alpha value is -1.24. The van der Waals surface area contributed by atoms with Crippen LogP contribution in [-0.2, 0) is 4.79 Å². The summed E-state index contributed by atoms with van der Waals surface area (Å²) in [4.78, 5) is 26.6. The highest BCUT2D eigenvalue weighted by molar-refractivity contribution is 8.00. The van der Waals surface area contributed by atoms with Crippen LogP contribution in [0, 0.1) is 5.41 Å². The van der Waals surface area contributed by atoms with Gasteiger partial charge >= 0.3 is 0 Å². The molecule has 0 spiro atoms. The third-order valence-corrected chi connectivity index (χ3v) is 4.50. The summed E-state index contributed by atoms with van der Waals surface area (Å²) in [6, 6.07) is 5.43. The van der Waals surface area contributed by atoms with Crippen molar-refractivity contribution >= 4 is 41.7 Å². The molecular weight excluding hydrogens is 322 g/mol. The van der Waals surface area contributed by atoms with E-state index in [-0.39, 0.29) is 29.6 Å². The molecule has 1 heterocycles. The summed E-state index contributed by atoms with van der Waals surface area (Å²) in [5, 5.41) is 2.80. The lowest BCUT2D eigenvalue weighted by atomic mass is 9.93. The van der Waals surface area contributed by atoms with Gasteiger partial charge in [-0.25, -0.2) is 0 Å². The Balaban J connectivity index is 0.00000242. The molecule has 0 saturated carbocycles. The average molecular weight is 344 g/mol. The lowest BCUT2D eigenvalue weighted by Crippen LogP contribution is -2.39. The fraction of sp³-hybridized carbons (Fsp3) is 0.467. The molecule has 0 aliphatic carbocycles. The molecule has 5 nitrogen and oxygen atoms in total. The van der Waals surface area contributed by atoms with Crippen LogP contribution < -0.4 is 11.1 Å². The molecule has 0 aromatic heterocycles. The second-order valence-corrected chi connectivity index (χ2v) is 7.09. The van der Waals surface area contributed by atoms with Crippen molar-refractivity contribution in [2.24, 2.45) is 11.1 Å². The van der Waals surface area contributed by atoms with Gasteiger partial charge in [-0.05, 0) is 30.2 Å². The maximum Gasteiger partial charge on any atom is 0.253 e. The molecule has 0 atom stereocenters. The molecule has 0 unspecified atom stereocenters. The molecule has 0 radical (unpaired) electrons. The van der Waals surface area contributed by atoms with Gasteiger partial charge in [0.15, 0.2) is 0 Å². The molecule has 1 aromatic rings. The number of nitrogens with one attached hydrogen (secondary N) is 1. The summed E-state index contributed by atoms with van der Waals surface area (Å²) in [7, 11) is 1.77. The van der Waals surface area contributed by atoms with Crippen LogP contribution in [0.4, 0.5) is 5.69 Å². The van der Waals surface area contributed by atoms with Crippen molar-refractivity contribution in [3.05, 3.63) is 23.8 Å². The molecule has 22 heavy (non-hydrogen) atoms. The first kappa shape index (κ1) is 18.8. The Kier molecular flexibility index (Phi) is 6.28. The van der Waals surface area contributed by atoms with Crippen molar-refractivity contribution in [2.75, 3.05) is 31.2 Å². The molecule has 3 N–H and O–H groups in total. The SMILES string of the molecule is CN(CC(C)(C)CN)C(=O)c1ccc2c(c1)NC(=O)CS2.Cl. The molecule has 0 bridgehead atoms. The first-order valence-corrected chi connectivity index (χ1v) is 7.83. The third kappa shape index (κ3) is 4.38. The van der Waals surface area contributed by atoms with Crippen molar-refractivity contribution in [1.29, 1.82) is 0 Å². The number of hydrogen-bond acceptors (Lipinski definition) is 4. The lowest BCUT2D eigenvalue weighted by molar-refractivity contribution is -0.113. The molecule has 0 fully saturated rings. The number of halogens is 1. The number of thioether (sulfide) groups is 1. The highest BCUT2D eigenvalue weighted by atomic mass is 35.5. The fourth-order valence-electron chi connectivity index (χ4n) is 2.21. The summed E-state index contributed by atoms with van der Waals surface area (Å²) >= 11 is 1.49. The van der Waals surface area contributed by atoms with Gasteiger partial charge in [-0.3, -0.25) is 9.59 Å². The van der Waals surface area contributed by atoms with Crippen LogP contribution in [-0.4, -0.2) is 42.6 Å². The van der Waals surface area contributed by atoms with Gasteiger partial charge in [0.2, 0.25) is 5.91 Å². The van der Waals surface area contributed by atoms with Gasteiger partial charge in [-0.2, -0.15) is 0 Å². The Labute approximate surface area is 141 Å². The number of fused-ring (bicyclic) bond motifs is 1. The van der Waals surface area contributed by atoms with Crippen molar-refractivity contribution in [1.82, 2.24) is 4.90 Å². The minimum Gasteiger partial charge on any atom is -0.341 e. The zero-order valence-corrected chi connectivity index (χ0v) is 14.6. The maximum atomic E-state index is 12.5. The van der Waals surface area contributed by atoms with Crippen LogP contribution in [0.2, 0.25) is 0 Å². The predicted octanol–water partition coefficient (Wildman–Crippen LogP) is 2.21. The Bertz CT molecular complexity index is 578. The van der Waals surface area contributed by atoms with Crippen LogP contribution in [0.1, 0.15) is 24.2 Å². The zero-order chi connectivity index (χ0) is 15.6. The van der Waals surface area contributed by atoms with Gasteiger partial charge in [0.25, 0.3) is 5.91 Å². The summed E-state index contributed by atoms with van der Waals surface area (Å²) in [6.45, 7) is 5.16. The van der Waals surface area contributed by atoms with E-state index >= 15 is 0 Å². The molecule has 0 saturated heterocycles. The topological polar surface area (TPSA) is 75.4 Å². The number of amides is 2. The van der Waals surface area contributed by atoms with Gasteiger partial charge in [-0.1, -0.05) is 13.8 Å². The first-order valence-electron chi connectivity index (χ1n) is 6.85. The van der Waals surface area contributed by atoms with E-state index in [1.165, 1.54) is 11.8 Å². The molecule has 122 valence electrons. The van der Waals surface area contributed by atoms with Crippen molar-refractivity contribution in [3.63, 3.8) is 0 Å². The highest BCUT2D eigenvalue weighted by Gasteiger charge is 2.23. The van der Waals surface area contributed by atoms with E-state index in [9.17, 15) is 9.59 Å². The minimum atomic E-state index is -0.122. The normalized spacial score (nSPS) is 13.7. The summed E-state index contributed by atoms with van der Waals surface area (Å²) < 4.78 is 0. The van der Waals surface area contributed by atoms with Crippen molar-refractivity contribution in [2.45, 2.75) is 18.7 Å². The third-order valence-electron chi connectivity index (χ3n) is 3.42. The standard InChI is InChI=1S/C15H21N3O2S.ClH/c1-15(2,8-16)9-18(3)14(20)10-4-5-12-11(6-10)17-13(19)7-21-12;/h4-6H,7-9,16H2,1-3H3,(H,17,19);1H. The van der Waals surface area contributed by atoms with Gasteiger partial charge < -0.3 is 16.0 Å². The van der Waals surface area contributed by atoms with E-state index in [0.29, 0.717) is 30.1 Å². The lowest BCUT2D eigenvalue weighted by Gasteiger charge is -2.29. The predicted molar refractivity (Wildman–Crippen MR) is 92.8 cm³/mol. The maximum absolute atomic E-state index is 12.5. The van der Waals surface area contributed by atoms with Gasteiger partial charge in [0.05, 0.1) is 11.4 Å². The van der Waals surface area contributed by atoms with Crippen molar-refractivity contribution < 1.29 is 9.59 Å². The number of hydrogen-bond donors (Lipinski definition) is 2. The second kappa shape index (κ2) is 7.35.